The molecule has 0 aromatic carbocycles. The quantitative estimate of drug-likeness (QED) is 0.818. The molecular formula is C14H27NO2. The number of esters is 1. The molecule has 0 spiro atoms. The lowest BCUT2D eigenvalue weighted by atomic mass is 10.1. The Balaban J connectivity index is 0. The smallest absolute Gasteiger partial charge is 0.305 e. The van der Waals surface area contributed by atoms with Crippen LogP contribution in [0, 0.1) is 13.8 Å². The molecular weight excluding hydrogens is 214 g/mol. The first-order valence-electron chi connectivity index (χ1n) is 6.35. The van der Waals surface area contributed by atoms with Gasteiger partial charge in [0.15, 0.2) is 0 Å². The molecule has 0 unspecified atom stereocenters. The number of methoxy groups -OCH3 is 1. The zero-order chi connectivity index (χ0) is 13.8. The second-order valence-corrected chi connectivity index (χ2v) is 3.15. The van der Waals surface area contributed by atoms with Crippen LogP contribution in [0.25, 0.3) is 0 Å². The van der Waals surface area contributed by atoms with Gasteiger partial charge in [0.05, 0.1) is 7.11 Å². The van der Waals surface area contributed by atoms with Crippen molar-refractivity contribution in [2.24, 2.45) is 0 Å². The molecule has 100 valence electrons. The number of ether oxygens (including phenoxy) is 1. The summed E-state index contributed by atoms with van der Waals surface area (Å²) in [5.41, 5.74) is 3.58. The predicted octanol–water partition coefficient (Wildman–Crippen LogP) is 3.79. The number of carbonyl (C=O) groups is 1. The fraction of sp³-hybridized carbons (Fsp3) is 0.643. The van der Waals surface area contributed by atoms with E-state index in [0.29, 0.717) is 6.42 Å². The third kappa shape index (κ3) is 6.82. The lowest BCUT2D eigenvalue weighted by molar-refractivity contribution is -0.140. The van der Waals surface area contributed by atoms with E-state index in [-0.39, 0.29) is 5.97 Å². The number of hydrogen-bond donors (Lipinski definition) is 1. The third-order valence-corrected chi connectivity index (χ3v) is 2.24. The van der Waals surface area contributed by atoms with Crippen molar-refractivity contribution in [2.45, 2.75) is 54.4 Å². The van der Waals surface area contributed by atoms with Crippen molar-refractivity contribution < 1.29 is 9.53 Å². The molecule has 1 aromatic heterocycles. The van der Waals surface area contributed by atoms with E-state index in [2.05, 4.69) is 9.72 Å². The molecule has 3 nitrogen and oxygen atoms in total. The molecule has 1 rings (SSSR count). The zero-order valence-corrected chi connectivity index (χ0v) is 12.3. The summed E-state index contributed by atoms with van der Waals surface area (Å²) in [4.78, 5) is 14.0. The van der Waals surface area contributed by atoms with Crippen molar-refractivity contribution in [3.8, 4) is 0 Å². The Morgan fingerprint density at radius 2 is 1.76 bits per heavy atom. The van der Waals surface area contributed by atoms with E-state index >= 15 is 0 Å². The van der Waals surface area contributed by atoms with E-state index in [0.717, 1.165) is 12.1 Å². The second kappa shape index (κ2) is 11.2. The fourth-order valence-electron chi connectivity index (χ4n) is 1.40. The van der Waals surface area contributed by atoms with Crippen LogP contribution >= 0.6 is 0 Å². The van der Waals surface area contributed by atoms with E-state index in [4.69, 9.17) is 0 Å². The molecule has 0 aliphatic rings. The van der Waals surface area contributed by atoms with Gasteiger partial charge in [0.2, 0.25) is 0 Å². The van der Waals surface area contributed by atoms with Crippen LogP contribution in [0.5, 0.6) is 0 Å². The summed E-state index contributed by atoms with van der Waals surface area (Å²) in [5, 5.41) is 0. The van der Waals surface area contributed by atoms with Gasteiger partial charge in [-0.15, -0.1) is 0 Å². The molecule has 1 heterocycles. The molecule has 3 heteroatoms. The number of aromatic amines is 1. The van der Waals surface area contributed by atoms with Crippen molar-refractivity contribution in [1.82, 2.24) is 4.98 Å². The summed E-state index contributed by atoms with van der Waals surface area (Å²) in [6.45, 7) is 12.1. The summed E-state index contributed by atoms with van der Waals surface area (Å²) in [6, 6.07) is 0. The predicted molar refractivity (Wildman–Crippen MR) is 73.3 cm³/mol. The Hall–Kier alpha value is -1.25. The molecule has 0 fully saturated rings. The highest BCUT2D eigenvalue weighted by Crippen LogP contribution is 2.14. The molecule has 0 aliphatic carbocycles. The molecule has 1 aromatic rings. The lowest BCUT2D eigenvalue weighted by Crippen LogP contribution is -2.02. The molecule has 0 amide bonds. The number of carbonyl (C=O) groups excluding carboxylic acids is 1. The van der Waals surface area contributed by atoms with Gasteiger partial charge in [0.25, 0.3) is 0 Å². The second-order valence-electron chi connectivity index (χ2n) is 3.15. The Morgan fingerprint density at radius 3 is 2.12 bits per heavy atom. The SMILES string of the molecule is CC.CC.COC(=O)CCc1c(C)c[nH]c1C. The van der Waals surface area contributed by atoms with Gasteiger partial charge in [-0.2, -0.15) is 0 Å². The van der Waals surface area contributed by atoms with Crippen LogP contribution in [0.1, 0.15) is 50.9 Å². The van der Waals surface area contributed by atoms with E-state index in [1.54, 1.807) is 0 Å². The highest BCUT2D eigenvalue weighted by molar-refractivity contribution is 5.69. The van der Waals surface area contributed by atoms with Crippen molar-refractivity contribution >= 4 is 5.97 Å². The van der Waals surface area contributed by atoms with E-state index in [9.17, 15) is 4.79 Å². The van der Waals surface area contributed by atoms with Crippen LogP contribution in [-0.4, -0.2) is 18.1 Å². The Bertz CT molecular complexity index is 284. The van der Waals surface area contributed by atoms with Gasteiger partial charge in [-0.05, 0) is 31.4 Å². The average Bonchev–Trinajstić information content (AvgIpc) is 2.71. The number of aromatic nitrogens is 1. The fourth-order valence-corrected chi connectivity index (χ4v) is 1.40. The van der Waals surface area contributed by atoms with Gasteiger partial charge in [0, 0.05) is 18.3 Å². The number of nitrogens with one attached hydrogen (secondary N) is 1. The topological polar surface area (TPSA) is 42.1 Å². The van der Waals surface area contributed by atoms with Gasteiger partial charge >= 0.3 is 5.97 Å². The molecule has 17 heavy (non-hydrogen) atoms. The zero-order valence-electron chi connectivity index (χ0n) is 12.3. The third-order valence-electron chi connectivity index (χ3n) is 2.24. The standard InChI is InChI=1S/C10H15NO2.2C2H6/c1-7-6-11-8(2)9(7)4-5-10(12)13-3;2*1-2/h6,11H,4-5H2,1-3H3;2*1-2H3. The van der Waals surface area contributed by atoms with Gasteiger partial charge in [-0.25, -0.2) is 0 Å². The average molecular weight is 241 g/mol. The number of H-pyrrole nitrogens is 1. The van der Waals surface area contributed by atoms with Crippen molar-refractivity contribution in [3.63, 3.8) is 0 Å². The number of aryl methyl sites for hydroxylation is 2. The first-order valence-corrected chi connectivity index (χ1v) is 6.35. The highest BCUT2D eigenvalue weighted by atomic mass is 16.5. The van der Waals surface area contributed by atoms with Gasteiger partial charge in [-0.1, -0.05) is 27.7 Å². The number of hydrogen-bond acceptors (Lipinski definition) is 2. The Labute approximate surface area is 106 Å². The van der Waals surface area contributed by atoms with Gasteiger partial charge in [-0.3, -0.25) is 4.79 Å². The first-order chi connectivity index (χ1) is 8.15. The van der Waals surface area contributed by atoms with Crippen LogP contribution in [0.15, 0.2) is 6.20 Å². The first kappa shape index (κ1) is 18.1. The maximum absolute atomic E-state index is 10.9. The molecule has 0 saturated heterocycles. The Morgan fingerprint density at radius 1 is 1.24 bits per heavy atom. The maximum Gasteiger partial charge on any atom is 0.305 e. The van der Waals surface area contributed by atoms with Crippen LogP contribution in [0.2, 0.25) is 0 Å². The summed E-state index contributed by atoms with van der Waals surface area (Å²) in [6.07, 6.45) is 3.17. The summed E-state index contributed by atoms with van der Waals surface area (Å²) in [5.74, 6) is -0.153. The molecule has 0 radical (unpaired) electrons. The minimum atomic E-state index is -0.153. The summed E-state index contributed by atoms with van der Waals surface area (Å²) >= 11 is 0. The normalized spacial score (nSPS) is 8.41. The minimum Gasteiger partial charge on any atom is -0.469 e. The van der Waals surface area contributed by atoms with Crippen LogP contribution in [0.4, 0.5) is 0 Å². The van der Waals surface area contributed by atoms with E-state index in [1.807, 2.05) is 47.7 Å². The summed E-state index contributed by atoms with van der Waals surface area (Å²) < 4.78 is 4.58. The van der Waals surface area contributed by atoms with E-state index in [1.165, 1.54) is 18.2 Å². The van der Waals surface area contributed by atoms with E-state index < -0.39 is 0 Å². The minimum absolute atomic E-state index is 0.153. The monoisotopic (exact) mass is 241 g/mol. The summed E-state index contributed by atoms with van der Waals surface area (Å²) in [7, 11) is 1.42. The van der Waals surface area contributed by atoms with Crippen molar-refractivity contribution in [1.29, 1.82) is 0 Å². The van der Waals surface area contributed by atoms with Crippen molar-refractivity contribution in [2.75, 3.05) is 7.11 Å². The Kier molecular flexibility index (Phi) is 12.0. The highest BCUT2D eigenvalue weighted by Gasteiger charge is 2.07. The molecule has 0 saturated carbocycles. The molecule has 1 N–H and O–H groups in total. The van der Waals surface area contributed by atoms with Crippen LogP contribution < -0.4 is 0 Å². The maximum atomic E-state index is 10.9. The molecule has 0 bridgehead atoms. The van der Waals surface area contributed by atoms with Crippen LogP contribution in [0.3, 0.4) is 0 Å². The van der Waals surface area contributed by atoms with Crippen LogP contribution in [-0.2, 0) is 16.0 Å². The lowest BCUT2D eigenvalue weighted by Gasteiger charge is -2.01. The molecule has 0 atom stereocenters. The van der Waals surface area contributed by atoms with Gasteiger partial charge in [0.1, 0.15) is 0 Å². The largest absolute Gasteiger partial charge is 0.469 e. The molecule has 0 aliphatic heterocycles. The number of rotatable bonds is 3. The van der Waals surface area contributed by atoms with Gasteiger partial charge < -0.3 is 9.72 Å². The van der Waals surface area contributed by atoms with Crippen molar-refractivity contribution in [3.05, 3.63) is 23.0 Å².